The molecule has 0 fully saturated rings. The lowest BCUT2D eigenvalue weighted by Crippen LogP contribution is -1.99. The predicted octanol–water partition coefficient (Wildman–Crippen LogP) is 1.77. The van der Waals surface area contributed by atoms with Crippen LogP contribution in [0.2, 0.25) is 0 Å². The number of anilines is 1. The highest BCUT2D eigenvalue weighted by atomic mass is 79.9. The number of nitrogens with two attached hydrogens (primary N) is 1. The number of halogens is 1. The SMILES string of the molecule is CCCc1cnc(Br)nc1N. The van der Waals surface area contributed by atoms with Gasteiger partial charge in [-0.2, -0.15) is 0 Å². The van der Waals surface area contributed by atoms with Gasteiger partial charge in [-0.15, -0.1) is 0 Å². The van der Waals surface area contributed by atoms with Gasteiger partial charge in [-0.3, -0.25) is 0 Å². The zero-order valence-electron chi connectivity index (χ0n) is 6.34. The summed E-state index contributed by atoms with van der Waals surface area (Å²) in [6.07, 6.45) is 3.77. The molecule has 1 rings (SSSR count). The molecule has 4 heteroatoms. The first-order chi connectivity index (χ1) is 5.24. The number of rotatable bonds is 2. The first-order valence-corrected chi connectivity index (χ1v) is 4.30. The molecule has 0 radical (unpaired) electrons. The van der Waals surface area contributed by atoms with Gasteiger partial charge in [-0.25, -0.2) is 9.97 Å². The van der Waals surface area contributed by atoms with Crippen molar-refractivity contribution in [2.45, 2.75) is 19.8 Å². The van der Waals surface area contributed by atoms with Crippen LogP contribution in [0.4, 0.5) is 5.82 Å². The highest BCUT2D eigenvalue weighted by Crippen LogP contribution is 2.11. The topological polar surface area (TPSA) is 51.8 Å². The summed E-state index contributed by atoms with van der Waals surface area (Å²) in [6.45, 7) is 2.10. The zero-order valence-corrected chi connectivity index (χ0v) is 7.93. The molecule has 2 N–H and O–H groups in total. The maximum Gasteiger partial charge on any atom is 0.198 e. The van der Waals surface area contributed by atoms with Gasteiger partial charge in [0.05, 0.1) is 0 Å². The number of hydrogen-bond donors (Lipinski definition) is 1. The summed E-state index contributed by atoms with van der Waals surface area (Å²) in [4.78, 5) is 7.96. The smallest absolute Gasteiger partial charge is 0.198 e. The van der Waals surface area contributed by atoms with Crippen LogP contribution in [-0.4, -0.2) is 9.97 Å². The Bertz CT molecular complexity index is 249. The standard InChI is InChI=1S/C7H10BrN3/c1-2-3-5-4-10-7(8)11-6(5)9/h4H,2-3H2,1H3,(H2,9,10,11). The summed E-state index contributed by atoms with van der Waals surface area (Å²) in [6, 6.07) is 0. The van der Waals surface area contributed by atoms with Crippen LogP contribution in [0.25, 0.3) is 0 Å². The lowest BCUT2D eigenvalue weighted by molar-refractivity contribution is 0.900. The van der Waals surface area contributed by atoms with Gasteiger partial charge in [-0.05, 0) is 22.4 Å². The molecule has 11 heavy (non-hydrogen) atoms. The van der Waals surface area contributed by atoms with E-state index in [-0.39, 0.29) is 0 Å². The monoisotopic (exact) mass is 215 g/mol. The molecule has 1 aromatic rings. The highest BCUT2D eigenvalue weighted by Gasteiger charge is 1.99. The Morgan fingerprint density at radius 3 is 2.91 bits per heavy atom. The molecule has 0 atom stereocenters. The van der Waals surface area contributed by atoms with Crippen molar-refractivity contribution < 1.29 is 0 Å². The fraction of sp³-hybridized carbons (Fsp3) is 0.429. The molecule has 0 saturated heterocycles. The van der Waals surface area contributed by atoms with Crippen LogP contribution in [0.15, 0.2) is 10.9 Å². The molecule has 0 saturated carbocycles. The second-order valence-electron chi connectivity index (χ2n) is 2.30. The summed E-state index contributed by atoms with van der Waals surface area (Å²) in [7, 11) is 0. The van der Waals surface area contributed by atoms with Crippen molar-refractivity contribution in [1.82, 2.24) is 9.97 Å². The zero-order chi connectivity index (χ0) is 8.27. The van der Waals surface area contributed by atoms with Crippen LogP contribution in [0.3, 0.4) is 0 Å². The molecule has 1 heterocycles. The van der Waals surface area contributed by atoms with Gasteiger partial charge in [0.15, 0.2) is 4.73 Å². The minimum Gasteiger partial charge on any atom is -0.383 e. The molecule has 0 amide bonds. The second kappa shape index (κ2) is 3.67. The summed E-state index contributed by atoms with van der Waals surface area (Å²) < 4.78 is 0.551. The maximum atomic E-state index is 5.63. The van der Waals surface area contributed by atoms with Crippen molar-refractivity contribution in [2.75, 3.05) is 5.73 Å². The van der Waals surface area contributed by atoms with Gasteiger partial charge in [0.1, 0.15) is 5.82 Å². The van der Waals surface area contributed by atoms with E-state index in [1.54, 1.807) is 6.20 Å². The summed E-state index contributed by atoms with van der Waals surface area (Å²) in [5.74, 6) is 0.578. The van der Waals surface area contributed by atoms with E-state index in [0.717, 1.165) is 18.4 Å². The van der Waals surface area contributed by atoms with Crippen molar-refractivity contribution in [3.63, 3.8) is 0 Å². The summed E-state index contributed by atoms with van der Waals surface area (Å²) >= 11 is 3.15. The van der Waals surface area contributed by atoms with Crippen LogP contribution in [0.1, 0.15) is 18.9 Å². The molecular formula is C7H10BrN3. The van der Waals surface area contributed by atoms with Crippen molar-refractivity contribution >= 4 is 21.7 Å². The molecule has 0 spiro atoms. The molecule has 3 nitrogen and oxygen atoms in total. The van der Waals surface area contributed by atoms with Crippen molar-refractivity contribution in [2.24, 2.45) is 0 Å². The fourth-order valence-electron chi connectivity index (χ4n) is 0.859. The number of aryl methyl sites for hydroxylation is 1. The molecule has 1 aromatic heterocycles. The lowest BCUT2D eigenvalue weighted by atomic mass is 10.2. The molecule has 60 valence electrons. The van der Waals surface area contributed by atoms with Crippen LogP contribution in [0.5, 0.6) is 0 Å². The Morgan fingerprint density at radius 1 is 1.64 bits per heavy atom. The third-order valence-corrected chi connectivity index (χ3v) is 1.77. The average Bonchev–Trinajstić information content (AvgIpc) is 1.95. The maximum absolute atomic E-state index is 5.63. The normalized spacial score (nSPS) is 10.0. The van der Waals surface area contributed by atoms with E-state index >= 15 is 0 Å². The van der Waals surface area contributed by atoms with E-state index in [1.165, 1.54) is 0 Å². The van der Waals surface area contributed by atoms with Crippen molar-refractivity contribution in [3.05, 3.63) is 16.5 Å². The van der Waals surface area contributed by atoms with Crippen LogP contribution < -0.4 is 5.73 Å². The lowest BCUT2D eigenvalue weighted by Gasteiger charge is -2.01. The second-order valence-corrected chi connectivity index (χ2v) is 3.01. The Morgan fingerprint density at radius 2 is 2.36 bits per heavy atom. The van der Waals surface area contributed by atoms with Crippen LogP contribution >= 0.6 is 15.9 Å². The van der Waals surface area contributed by atoms with Gasteiger partial charge in [0.2, 0.25) is 0 Å². The number of hydrogen-bond acceptors (Lipinski definition) is 3. The van der Waals surface area contributed by atoms with Gasteiger partial charge >= 0.3 is 0 Å². The first-order valence-electron chi connectivity index (χ1n) is 3.51. The predicted molar refractivity (Wildman–Crippen MR) is 48.1 cm³/mol. The van der Waals surface area contributed by atoms with E-state index in [1.807, 2.05) is 0 Å². The third kappa shape index (κ3) is 2.15. The van der Waals surface area contributed by atoms with Gasteiger partial charge in [0, 0.05) is 11.8 Å². The summed E-state index contributed by atoms with van der Waals surface area (Å²) in [5.41, 5.74) is 6.65. The van der Waals surface area contributed by atoms with Crippen LogP contribution in [-0.2, 0) is 6.42 Å². The van der Waals surface area contributed by atoms with Crippen LogP contribution in [0, 0.1) is 0 Å². The average molecular weight is 216 g/mol. The number of nitrogen functional groups attached to an aromatic ring is 1. The quantitative estimate of drug-likeness (QED) is 0.766. The van der Waals surface area contributed by atoms with E-state index in [4.69, 9.17) is 5.73 Å². The highest BCUT2D eigenvalue weighted by molar-refractivity contribution is 9.10. The van der Waals surface area contributed by atoms with E-state index in [2.05, 4.69) is 32.8 Å². The molecule has 0 bridgehead atoms. The van der Waals surface area contributed by atoms with Gasteiger partial charge in [-0.1, -0.05) is 13.3 Å². The summed E-state index contributed by atoms with van der Waals surface area (Å²) in [5, 5.41) is 0. The van der Waals surface area contributed by atoms with Gasteiger partial charge in [0.25, 0.3) is 0 Å². The number of aromatic nitrogens is 2. The molecule has 0 aromatic carbocycles. The Labute approximate surface area is 74.2 Å². The van der Waals surface area contributed by atoms with Gasteiger partial charge < -0.3 is 5.73 Å². The minimum absolute atomic E-state index is 0.551. The van der Waals surface area contributed by atoms with E-state index in [9.17, 15) is 0 Å². The molecular weight excluding hydrogens is 206 g/mol. The Hall–Kier alpha value is -0.640. The molecule has 0 unspecified atom stereocenters. The molecule has 0 aliphatic heterocycles. The molecule has 0 aliphatic rings. The van der Waals surface area contributed by atoms with E-state index in [0.29, 0.717) is 10.6 Å². The van der Waals surface area contributed by atoms with Crippen molar-refractivity contribution in [1.29, 1.82) is 0 Å². The fourth-order valence-corrected chi connectivity index (χ4v) is 1.15. The Balaban J connectivity index is 2.90. The minimum atomic E-state index is 0.551. The number of nitrogens with zero attached hydrogens (tertiary/aromatic N) is 2. The largest absolute Gasteiger partial charge is 0.383 e. The van der Waals surface area contributed by atoms with Crippen molar-refractivity contribution in [3.8, 4) is 0 Å². The third-order valence-electron chi connectivity index (χ3n) is 1.39. The Kier molecular flexibility index (Phi) is 2.82. The first kappa shape index (κ1) is 8.46. The van der Waals surface area contributed by atoms with E-state index < -0.39 is 0 Å². The molecule has 0 aliphatic carbocycles.